The molecule has 3 aromatic rings. The van der Waals surface area contributed by atoms with Crippen LogP contribution in [0.5, 0.6) is 5.75 Å². The van der Waals surface area contributed by atoms with Gasteiger partial charge in [-0.2, -0.15) is 5.10 Å². The number of rotatable bonds is 4. The van der Waals surface area contributed by atoms with Gasteiger partial charge in [-0.25, -0.2) is 5.43 Å². The van der Waals surface area contributed by atoms with Crippen molar-refractivity contribution in [2.24, 2.45) is 5.10 Å². The lowest BCUT2D eigenvalue weighted by Gasteiger charge is -2.08. The maximum Gasteiger partial charge on any atom is 0.307 e. The lowest BCUT2D eigenvalue weighted by atomic mass is 10.0. The molecule has 3 rings (SSSR count). The Morgan fingerprint density at radius 1 is 1.18 bits per heavy atom. The third kappa shape index (κ3) is 2.69. The van der Waals surface area contributed by atoms with Gasteiger partial charge in [0.05, 0.1) is 19.6 Å². The molecule has 2 aromatic carbocycles. The lowest BCUT2D eigenvalue weighted by molar-refractivity contribution is 0.0927. The van der Waals surface area contributed by atoms with Crippen molar-refractivity contribution >= 4 is 22.9 Å². The molecule has 1 amide bonds. The van der Waals surface area contributed by atoms with Gasteiger partial charge in [-0.15, -0.1) is 0 Å². The van der Waals surface area contributed by atoms with E-state index in [0.29, 0.717) is 5.75 Å². The zero-order valence-corrected chi connectivity index (χ0v) is 11.9. The molecule has 0 aliphatic rings. The highest BCUT2D eigenvalue weighted by atomic mass is 16.5. The SMILES string of the molecule is COc1ccc2ccccc2c1/C=N/NC(=O)c1ccco1. The van der Waals surface area contributed by atoms with Crippen LogP contribution in [0.1, 0.15) is 16.1 Å². The Bertz CT molecular complexity index is 823. The molecule has 0 unspecified atom stereocenters. The summed E-state index contributed by atoms with van der Waals surface area (Å²) in [5.41, 5.74) is 3.24. The summed E-state index contributed by atoms with van der Waals surface area (Å²) in [6.07, 6.45) is 3.01. The average Bonchev–Trinajstić information content (AvgIpc) is 3.09. The normalized spacial score (nSPS) is 11.0. The second-order valence-corrected chi connectivity index (χ2v) is 4.58. The molecule has 0 radical (unpaired) electrons. The minimum Gasteiger partial charge on any atom is -0.496 e. The number of hydrogen-bond acceptors (Lipinski definition) is 4. The molecule has 0 spiro atoms. The van der Waals surface area contributed by atoms with Gasteiger partial charge in [0.2, 0.25) is 0 Å². The summed E-state index contributed by atoms with van der Waals surface area (Å²) in [7, 11) is 1.60. The van der Waals surface area contributed by atoms with Gasteiger partial charge < -0.3 is 9.15 Å². The molecule has 1 N–H and O–H groups in total. The molecule has 0 aliphatic heterocycles. The van der Waals surface area contributed by atoms with Crippen LogP contribution in [-0.2, 0) is 0 Å². The zero-order chi connectivity index (χ0) is 15.4. The topological polar surface area (TPSA) is 63.8 Å². The molecule has 5 nitrogen and oxygen atoms in total. The number of carbonyl (C=O) groups is 1. The van der Waals surface area contributed by atoms with E-state index in [1.54, 1.807) is 25.5 Å². The van der Waals surface area contributed by atoms with Crippen molar-refractivity contribution in [3.05, 3.63) is 66.1 Å². The number of fused-ring (bicyclic) bond motifs is 1. The van der Waals surface area contributed by atoms with Crippen LogP contribution < -0.4 is 10.2 Å². The summed E-state index contributed by atoms with van der Waals surface area (Å²) in [5, 5.41) is 6.06. The average molecular weight is 294 g/mol. The van der Waals surface area contributed by atoms with E-state index < -0.39 is 5.91 Å². The molecular formula is C17H14N2O3. The maximum atomic E-state index is 11.8. The summed E-state index contributed by atoms with van der Waals surface area (Å²) in [6, 6.07) is 15.0. The van der Waals surface area contributed by atoms with Crippen molar-refractivity contribution in [3.8, 4) is 5.75 Å². The minimum atomic E-state index is -0.402. The standard InChI is InChI=1S/C17H14N2O3/c1-21-15-9-8-12-5-2-3-6-13(12)14(15)11-18-19-17(20)16-7-4-10-22-16/h2-11H,1H3,(H,19,20)/b18-11+. The van der Waals surface area contributed by atoms with Crippen LogP contribution in [0.4, 0.5) is 0 Å². The molecule has 0 atom stereocenters. The van der Waals surface area contributed by atoms with Crippen molar-refractivity contribution < 1.29 is 13.9 Å². The van der Waals surface area contributed by atoms with Crippen molar-refractivity contribution in [3.63, 3.8) is 0 Å². The number of benzene rings is 2. The van der Waals surface area contributed by atoms with Gasteiger partial charge in [-0.3, -0.25) is 4.79 Å². The van der Waals surface area contributed by atoms with Gasteiger partial charge in [0, 0.05) is 5.56 Å². The maximum absolute atomic E-state index is 11.8. The molecule has 5 heteroatoms. The first-order valence-electron chi connectivity index (χ1n) is 6.72. The predicted octanol–water partition coefficient (Wildman–Crippen LogP) is 3.21. The predicted molar refractivity (Wildman–Crippen MR) is 84.3 cm³/mol. The summed E-state index contributed by atoms with van der Waals surface area (Å²) in [6.45, 7) is 0. The van der Waals surface area contributed by atoms with Crippen LogP contribution in [-0.4, -0.2) is 19.2 Å². The molecule has 0 aliphatic carbocycles. The van der Waals surface area contributed by atoms with Crippen molar-refractivity contribution in [1.82, 2.24) is 5.43 Å². The number of nitrogens with zero attached hydrogens (tertiary/aromatic N) is 1. The first-order valence-corrected chi connectivity index (χ1v) is 6.72. The third-order valence-electron chi connectivity index (χ3n) is 3.26. The highest BCUT2D eigenvalue weighted by Gasteiger charge is 2.08. The molecule has 0 saturated heterocycles. The van der Waals surface area contributed by atoms with Crippen molar-refractivity contribution in [2.75, 3.05) is 7.11 Å². The highest BCUT2D eigenvalue weighted by Crippen LogP contribution is 2.26. The highest BCUT2D eigenvalue weighted by molar-refractivity contribution is 6.03. The van der Waals surface area contributed by atoms with Crippen LogP contribution >= 0.6 is 0 Å². The van der Waals surface area contributed by atoms with Gasteiger partial charge in [0.25, 0.3) is 0 Å². The summed E-state index contributed by atoms with van der Waals surface area (Å²) >= 11 is 0. The lowest BCUT2D eigenvalue weighted by Crippen LogP contribution is -2.16. The number of hydrogen-bond donors (Lipinski definition) is 1. The van der Waals surface area contributed by atoms with E-state index >= 15 is 0 Å². The van der Waals surface area contributed by atoms with E-state index in [9.17, 15) is 4.79 Å². The van der Waals surface area contributed by atoms with E-state index in [1.807, 2.05) is 36.4 Å². The van der Waals surface area contributed by atoms with Gasteiger partial charge in [-0.05, 0) is 29.0 Å². The molecule has 1 aromatic heterocycles. The van der Waals surface area contributed by atoms with Gasteiger partial charge in [-0.1, -0.05) is 30.3 Å². The molecule has 0 bridgehead atoms. The van der Waals surface area contributed by atoms with Gasteiger partial charge >= 0.3 is 5.91 Å². The Morgan fingerprint density at radius 3 is 2.82 bits per heavy atom. The third-order valence-corrected chi connectivity index (χ3v) is 3.26. The Kier molecular flexibility index (Phi) is 3.87. The molecule has 0 fully saturated rings. The Hall–Kier alpha value is -3.08. The number of hydrazone groups is 1. The fraction of sp³-hybridized carbons (Fsp3) is 0.0588. The Morgan fingerprint density at radius 2 is 2.05 bits per heavy atom. The first-order chi connectivity index (χ1) is 10.8. The van der Waals surface area contributed by atoms with Crippen LogP contribution in [0, 0.1) is 0 Å². The molecule has 22 heavy (non-hydrogen) atoms. The van der Waals surface area contributed by atoms with E-state index in [2.05, 4.69) is 10.5 Å². The largest absolute Gasteiger partial charge is 0.496 e. The van der Waals surface area contributed by atoms with Crippen LogP contribution in [0.25, 0.3) is 10.8 Å². The monoisotopic (exact) mass is 294 g/mol. The smallest absolute Gasteiger partial charge is 0.307 e. The molecular weight excluding hydrogens is 280 g/mol. The number of amides is 1. The molecule has 1 heterocycles. The number of ether oxygens (including phenoxy) is 1. The minimum absolute atomic E-state index is 0.210. The van der Waals surface area contributed by atoms with E-state index in [1.165, 1.54) is 6.26 Å². The Balaban J connectivity index is 1.89. The summed E-state index contributed by atoms with van der Waals surface area (Å²) < 4.78 is 10.4. The van der Waals surface area contributed by atoms with Gasteiger partial charge in [0.15, 0.2) is 5.76 Å². The van der Waals surface area contributed by atoms with Crippen molar-refractivity contribution in [1.29, 1.82) is 0 Å². The first kappa shape index (κ1) is 13.9. The molecule has 0 saturated carbocycles. The second-order valence-electron chi connectivity index (χ2n) is 4.58. The fourth-order valence-electron chi connectivity index (χ4n) is 2.21. The van der Waals surface area contributed by atoms with Gasteiger partial charge in [0.1, 0.15) is 5.75 Å². The van der Waals surface area contributed by atoms with E-state index in [0.717, 1.165) is 16.3 Å². The quantitative estimate of drug-likeness (QED) is 0.593. The van der Waals surface area contributed by atoms with E-state index in [4.69, 9.17) is 9.15 Å². The summed E-state index contributed by atoms with van der Waals surface area (Å²) in [5.74, 6) is 0.497. The van der Waals surface area contributed by atoms with Crippen LogP contribution in [0.2, 0.25) is 0 Å². The number of methoxy groups -OCH3 is 1. The van der Waals surface area contributed by atoms with Crippen LogP contribution in [0.3, 0.4) is 0 Å². The van der Waals surface area contributed by atoms with E-state index in [-0.39, 0.29) is 5.76 Å². The second kappa shape index (κ2) is 6.13. The van der Waals surface area contributed by atoms with Crippen LogP contribution in [0.15, 0.2) is 64.3 Å². The number of nitrogens with one attached hydrogen (secondary N) is 1. The Labute approximate surface area is 127 Å². The number of carbonyl (C=O) groups excluding carboxylic acids is 1. The molecule has 110 valence electrons. The van der Waals surface area contributed by atoms with Crippen molar-refractivity contribution in [2.45, 2.75) is 0 Å². The summed E-state index contributed by atoms with van der Waals surface area (Å²) in [4.78, 5) is 11.8. The number of furan rings is 1. The zero-order valence-electron chi connectivity index (χ0n) is 11.9. The fourth-order valence-corrected chi connectivity index (χ4v) is 2.21.